The number of hydrogen-bond acceptors (Lipinski definition) is 4. The Balaban J connectivity index is 2.04. The zero-order valence-electron chi connectivity index (χ0n) is 17.5. The number of benzene rings is 1. The lowest BCUT2D eigenvalue weighted by atomic mass is 9.92. The average molecular weight is 371 g/mol. The van der Waals surface area contributed by atoms with Crippen molar-refractivity contribution in [1.29, 1.82) is 0 Å². The average Bonchev–Trinajstić information content (AvgIpc) is 3.16. The van der Waals surface area contributed by atoms with E-state index in [2.05, 4.69) is 35.9 Å². The summed E-state index contributed by atoms with van der Waals surface area (Å²) in [6, 6.07) is 0. The third kappa shape index (κ3) is 6.15. The highest BCUT2D eigenvalue weighted by atomic mass is 15.4. The van der Waals surface area contributed by atoms with Gasteiger partial charge in [0.05, 0.1) is 0 Å². The molecule has 0 saturated heterocycles. The molecule has 1 aromatic rings. The number of hydrogen-bond donors (Lipinski definition) is 1. The minimum Gasteiger partial charge on any atom is -0.398 e. The molecule has 1 aliphatic heterocycles. The molecule has 1 aromatic carbocycles. The Hall–Kier alpha value is -1.71. The largest absolute Gasteiger partial charge is 0.398 e. The third-order valence-corrected chi connectivity index (χ3v) is 5.66. The van der Waals surface area contributed by atoms with Crippen molar-refractivity contribution >= 4 is 18.0 Å². The van der Waals surface area contributed by atoms with Gasteiger partial charge in [-0.25, -0.2) is 0 Å². The van der Waals surface area contributed by atoms with E-state index in [9.17, 15) is 0 Å². The van der Waals surface area contributed by atoms with Crippen molar-refractivity contribution in [3.8, 4) is 0 Å². The highest BCUT2D eigenvalue weighted by Crippen LogP contribution is 2.28. The van der Waals surface area contributed by atoms with Crippen LogP contribution in [0.15, 0.2) is 15.4 Å². The molecule has 0 spiro atoms. The Labute approximate surface area is 165 Å². The second kappa shape index (κ2) is 11.9. The smallest absolute Gasteiger partial charge is 0.124 e. The van der Waals surface area contributed by atoms with Crippen LogP contribution >= 0.6 is 0 Å². The summed E-state index contributed by atoms with van der Waals surface area (Å²) < 4.78 is 0. The van der Waals surface area contributed by atoms with Crippen LogP contribution in [-0.4, -0.2) is 0 Å². The highest BCUT2D eigenvalue weighted by Gasteiger charge is 2.18. The molecule has 0 aliphatic carbocycles. The van der Waals surface area contributed by atoms with E-state index in [1.807, 2.05) is 0 Å². The van der Waals surface area contributed by atoms with Crippen molar-refractivity contribution in [2.24, 2.45) is 15.4 Å². The number of nitrogens with two attached hydrogens (primary N) is 1. The molecule has 0 radical (unpaired) electrons. The summed E-state index contributed by atoms with van der Waals surface area (Å²) in [6.45, 7) is 8.67. The summed E-state index contributed by atoms with van der Waals surface area (Å²) in [7, 11) is 0. The van der Waals surface area contributed by atoms with Crippen LogP contribution in [0.1, 0.15) is 102 Å². The summed E-state index contributed by atoms with van der Waals surface area (Å²) in [6.07, 6.45) is 17.5. The molecule has 27 heavy (non-hydrogen) atoms. The van der Waals surface area contributed by atoms with Crippen LogP contribution in [0.5, 0.6) is 0 Å². The monoisotopic (exact) mass is 370 g/mol. The minimum absolute atomic E-state index is 0.792. The molecule has 2 rings (SSSR count). The topological polar surface area (TPSA) is 63.1 Å². The summed E-state index contributed by atoms with van der Waals surface area (Å²) in [5.41, 5.74) is 10.8. The van der Waals surface area contributed by atoms with Gasteiger partial charge in [0.25, 0.3) is 0 Å². The van der Waals surface area contributed by atoms with E-state index in [0.717, 1.165) is 34.8 Å². The van der Waals surface area contributed by atoms with Gasteiger partial charge in [0.15, 0.2) is 0 Å². The molecule has 0 amide bonds. The van der Waals surface area contributed by atoms with E-state index < -0.39 is 0 Å². The van der Waals surface area contributed by atoms with Crippen molar-refractivity contribution in [2.75, 3.05) is 5.73 Å². The maximum atomic E-state index is 6.48. The minimum atomic E-state index is 0.792. The Morgan fingerprint density at radius 1 is 0.741 bits per heavy atom. The van der Waals surface area contributed by atoms with Crippen LogP contribution in [0.2, 0.25) is 0 Å². The van der Waals surface area contributed by atoms with Crippen LogP contribution < -0.4 is 16.3 Å². The van der Waals surface area contributed by atoms with E-state index in [-0.39, 0.29) is 0 Å². The standard InChI is InChI=1S/C23H38N4/c1-4-6-8-10-12-14-16-19-20(17-15-13-11-9-7-5-2)23-22(25-27-26-23)18(3)21(19)24/h3-17,24H2,1-2H3. The fourth-order valence-electron chi connectivity index (χ4n) is 3.95. The molecule has 2 N–H and O–H groups in total. The van der Waals surface area contributed by atoms with Gasteiger partial charge in [-0.2, -0.15) is 0 Å². The van der Waals surface area contributed by atoms with Crippen LogP contribution in [0.3, 0.4) is 0 Å². The first-order valence-corrected chi connectivity index (χ1v) is 11.1. The molecular weight excluding hydrogens is 332 g/mol. The van der Waals surface area contributed by atoms with Crippen molar-refractivity contribution in [3.63, 3.8) is 0 Å². The molecule has 0 saturated carbocycles. The van der Waals surface area contributed by atoms with Gasteiger partial charge in [0, 0.05) is 10.9 Å². The lowest BCUT2D eigenvalue weighted by Gasteiger charge is -2.15. The number of nitrogens with zero attached hydrogens (tertiary/aromatic N) is 3. The SMILES string of the molecule is C=c1c(N)c(CCCCCCCC)c(CCCCCCCC)c2c1=NN=N2. The molecule has 4 nitrogen and oxygen atoms in total. The molecule has 0 fully saturated rings. The summed E-state index contributed by atoms with van der Waals surface area (Å²) in [4.78, 5) is 0. The Kier molecular flexibility index (Phi) is 9.51. The van der Waals surface area contributed by atoms with E-state index >= 15 is 0 Å². The predicted molar refractivity (Wildman–Crippen MR) is 116 cm³/mol. The van der Waals surface area contributed by atoms with Gasteiger partial charge in [-0.05, 0) is 42.0 Å². The Morgan fingerprint density at radius 3 is 1.85 bits per heavy atom. The number of anilines is 1. The first kappa shape index (κ1) is 21.6. The van der Waals surface area contributed by atoms with Crippen LogP contribution in [-0.2, 0) is 12.8 Å². The molecule has 0 unspecified atom stereocenters. The zero-order chi connectivity index (χ0) is 19.5. The fourth-order valence-corrected chi connectivity index (χ4v) is 3.95. The maximum Gasteiger partial charge on any atom is 0.124 e. The van der Waals surface area contributed by atoms with Gasteiger partial charge in [0.1, 0.15) is 11.0 Å². The van der Waals surface area contributed by atoms with Crippen LogP contribution in [0.4, 0.5) is 11.4 Å². The summed E-state index contributed by atoms with van der Waals surface area (Å²) >= 11 is 0. The number of nitrogen functional groups attached to an aromatic ring is 1. The lowest BCUT2D eigenvalue weighted by molar-refractivity contribution is 0.599. The van der Waals surface area contributed by atoms with E-state index in [4.69, 9.17) is 5.73 Å². The van der Waals surface area contributed by atoms with Crippen molar-refractivity contribution in [3.05, 3.63) is 21.7 Å². The van der Waals surface area contributed by atoms with Gasteiger partial charge < -0.3 is 5.73 Å². The maximum absolute atomic E-state index is 6.48. The van der Waals surface area contributed by atoms with Crippen LogP contribution in [0.25, 0.3) is 6.58 Å². The van der Waals surface area contributed by atoms with Crippen LogP contribution in [0, 0.1) is 0 Å². The Morgan fingerprint density at radius 2 is 1.26 bits per heavy atom. The lowest BCUT2D eigenvalue weighted by Crippen LogP contribution is -2.29. The second-order valence-corrected chi connectivity index (χ2v) is 7.87. The Bertz CT molecular complexity index is 721. The number of rotatable bonds is 14. The molecule has 0 bridgehead atoms. The molecule has 0 aromatic heterocycles. The first-order valence-electron chi connectivity index (χ1n) is 11.1. The summed E-state index contributed by atoms with van der Waals surface area (Å²) in [5.74, 6) is 0. The van der Waals surface area contributed by atoms with Crippen molar-refractivity contribution in [2.45, 2.75) is 104 Å². The van der Waals surface area contributed by atoms with Gasteiger partial charge in [-0.1, -0.05) is 84.6 Å². The normalized spacial score (nSPS) is 12.4. The first-order chi connectivity index (χ1) is 13.2. The third-order valence-electron chi connectivity index (χ3n) is 5.66. The fraction of sp³-hybridized carbons (Fsp3) is 0.696. The van der Waals surface area contributed by atoms with Gasteiger partial charge in [0.2, 0.25) is 0 Å². The van der Waals surface area contributed by atoms with Crippen molar-refractivity contribution < 1.29 is 0 Å². The second-order valence-electron chi connectivity index (χ2n) is 7.87. The predicted octanol–water partition coefficient (Wildman–Crippen LogP) is 6.12. The van der Waals surface area contributed by atoms with E-state index in [1.54, 1.807) is 0 Å². The molecule has 150 valence electrons. The van der Waals surface area contributed by atoms with Gasteiger partial charge in [-0.3, -0.25) is 0 Å². The molecule has 1 heterocycles. The summed E-state index contributed by atoms with van der Waals surface area (Å²) in [5, 5.41) is 14.0. The van der Waals surface area contributed by atoms with Gasteiger partial charge in [-0.15, -0.1) is 10.2 Å². The molecular formula is C23H38N4. The zero-order valence-corrected chi connectivity index (χ0v) is 17.5. The van der Waals surface area contributed by atoms with Crippen molar-refractivity contribution in [1.82, 2.24) is 0 Å². The van der Waals surface area contributed by atoms with E-state index in [0.29, 0.717) is 0 Å². The highest BCUT2D eigenvalue weighted by molar-refractivity contribution is 5.63. The molecule has 1 aliphatic rings. The molecule has 4 heteroatoms. The van der Waals surface area contributed by atoms with E-state index in [1.165, 1.54) is 88.2 Å². The number of unbranched alkanes of at least 4 members (excludes halogenated alkanes) is 10. The quantitative estimate of drug-likeness (QED) is 0.311. The van der Waals surface area contributed by atoms with Gasteiger partial charge >= 0.3 is 0 Å². The molecule has 0 atom stereocenters. The number of fused-ring (bicyclic) bond motifs is 1.